The van der Waals surface area contributed by atoms with Crippen LogP contribution in [0.4, 0.5) is 0 Å². The van der Waals surface area contributed by atoms with Gasteiger partial charge in [-0.25, -0.2) is 0 Å². The van der Waals surface area contributed by atoms with Gasteiger partial charge in [-0.15, -0.1) is 0 Å². The quantitative estimate of drug-likeness (QED) is 0.769. The van der Waals surface area contributed by atoms with E-state index >= 15 is 0 Å². The molecule has 1 rings (SSSR count). The van der Waals surface area contributed by atoms with E-state index in [1.54, 1.807) is 18.2 Å². The van der Waals surface area contributed by atoms with Gasteiger partial charge in [-0.1, -0.05) is 42.3 Å². The summed E-state index contributed by atoms with van der Waals surface area (Å²) in [5, 5.41) is 0.876. The maximum atomic E-state index is 11.5. The smallest absolute Gasteiger partial charge is 0.310 e. The van der Waals surface area contributed by atoms with Gasteiger partial charge in [0.2, 0.25) is 0 Å². The van der Waals surface area contributed by atoms with Crippen LogP contribution in [-0.4, -0.2) is 12.1 Å². The Morgan fingerprint density at radius 2 is 2.12 bits per heavy atom. The minimum Gasteiger partial charge on any atom is -0.462 e. The minimum atomic E-state index is -0.279. The monoisotopic (exact) mass is 260 g/mol. The Hall–Kier alpha value is -0.730. The second kappa shape index (κ2) is 6.12. The van der Waals surface area contributed by atoms with Gasteiger partial charge in [-0.05, 0) is 25.0 Å². The van der Waals surface area contributed by atoms with Gasteiger partial charge in [0.1, 0.15) is 0 Å². The molecule has 16 heavy (non-hydrogen) atoms. The van der Waals surface area contributed by atoms with Crippen LogP contribution in [0.2, 0.25) is 10.0 Å². The molecule has 2 nitrogen and oxygen atoms in total. The molecular formula is C12H14Cl2O2. The molecule has 0 saturated carbocycles. The number of rotatable bonds is 4. The van der Waals surface area contributed by atoms with Crippen molar-refractivity contribution in [2.75, 3.05) is 0 Å². The zero-order chi connectivity index (χ0) is 12.1. The number of esters is 1. The van der Waals surface area contributed by atoms with E-state index in [2.05, 4.69) is 0 Å². The lowest BCUT2D eigenvalue weighted by Gasteiger charge is -2.11. The first kappa shape index (κ1) is 13.3. The fraction of sp³-hybridized carbons (Fsp3) is 0.417. The maximum absolute atomic E-state index is 11.5. The molecule has 0 spiro atoms. The molecule has 0 fully saturated rings. The third kappa shape index (κ3) is 3.69. The third-order valence-electron chi connectivity index (χ3n) is 2.27. The molecule has 1 atom stereocenters. The van der Waals surface area contributed by atoms with Gasteiger partial charge in [-0.3, -0.25) is 4.79 Å². The summed E-state index contributed by atoms with van der Waals surface area (Å²) in [5.41, 5.74) is 0.697. The number of benzene rings is 1. The molecule has 0 bridgehead atoms. The Balaban J connectivity index is 2.66. The van der Waals surface area contributed by atoms with Crippen LogP contribution in [0.15, 0.2) is 18.2 Å². The summed E-state index contributed by atoms with van der Waals surface area (Å²) >= 11 is 11.8. The van der Waals surface area contributed by atoms with Gasteiger partial charge < -0.3 is 4.74 Å². The van der Waals surface area contributed by atoms with Gasteiger partial charge >= 0.3 is 5.97 Å². The maximum Gasteiger partial charge on any atom is 0.310 e. The summed E-state index contributed by atoms with van der Waals surface area (Å²) in [7, 11) is 0. The lowest BCUT2D eigenvalue weighted by atomic mass is 10.1. The van der Waals surface area contributed by atoms with Crippen molar-refractivity contribution >= 4 is 29.2 Å². The summed E-state index contributed by atoms with van der Waals surface area (Å²) < 4.78 is 5.16. The van der Waals surface area contributed by atoms with Crippen LogP contribution >= 0.6 is 23.2 Å². The van der Waals surface area contributed by atoms with Gasteiger partial charge in [0.15, 0.2) is 0 Å². The first-order valence-electron chi connectivity index (χ1n) is 5.17. The average Bonchev–Trinajstić information content (AvgIpc) is 2.24. The number of carbonyl (C=O) groups excluding carboxylic acids is 1. The molecule has 0 radical (unpaired) electrons. The molecule has 0 aliphatic carbocycles. The van der Waals surface area contributed by atoms with Crippen molar-refractivity contribution in [1.29, 1.82) is 0 Å². The van der Waals surface area contributed by atoms with Crippen molar-refractivity contribution in [3.63, 3.8) is 0 Å². The highest BCUT2D eigenvalue weighted by molar-refractivity contribution is 6.42. The van der Waals surface area contributed by atoms with Crippen molar-refractivity contribution in [1.82, 2.24) is 0 Å². The van der Waals surface area contributed by atoms with E-state index in [0.29, 0.717) is 15.6 Å². The van der Waals surface area contributed by atoms with E-state index in [9.17, 15) is 4.79 Å². The van der Waals surface area contributed by atoms with Crippen LogP contribution in [0.25, 0.3) is 0 Å². The fourth-order valence-corrected chi connectivity index (χ4v) is 1.58. The van der Waals surface area contributed by atoms with Crippen LogP contribution in [0.1, 0.15) is 25.8 Å². The van der Waals surface area contributed by atoms with Crippen molar-refractivity contribution in [3.8, 4) is 0 Å². The number of halogens is 2. The Bertz CT molecular complexity index is 377. The van der Waals surface area contributed by atoms with E-state index < -0.39 is 0 Å². The standard InChI is InChI=1S/C12H14Cl2O2/c1-3-8(2)16-11(15)7-9-5-4-6-10(13)12(9)14/h4-6,8H,3,7H2,1-2H3. The first-order chi connectivity index (χ1) is 7.54. The van der Waals surface area contributed by atoms with E-state index in [4.69, 9.17) is 27.9 Å². The molecule has 0 saturated heterocycles. The predicted octanol–water partition coefficient (Wildman–Crippen LogP) is 3.88. The molecule has 88 valence electrons. The molecule has 4 heteroatoms. The molecule has 0 aromatic heterocycles. The van der Waals surface area contributed by atoms with Gasteiger partial charge in [0.05, 0.1) is 22.6 Å². The fourth-order valence-electron chi connectivity index (χ4n) is 1.19. The van der Waals surface area contributed by atoms with E-state index in [1.807, 2.05) is 13.8 Å². The van der Waals surface area contributed by atoms with E-state index in [-0.39, 0.29) is 18.5 Å². The van der Waals surface area contributed by atoms with Crippen LogP contribution in [0.3, 0.4) is 0 Å². The molecule has 1 unspecified atom stereocenters. The SMILES string of the molecule is CCC(C)OC(=O)Cc1cccc(Cl)c1Cl. The zero-order valence-electron chi connectivity index (χ0n) is 9.30. The normalized spacial score (nSPS) is 12.2. The molecule has 0 aliphatic heterocycles. The van der Waals surface area contributed by atoms with Crippen LogP contribution in [-0.2, 0) is 16.0 Å². The Morgan fingerprint density at radius 1 is 1.44 bits per heavy atom. The highest BCUT2D eigenvalue weighted by Crippen LogP contribution is 2.26. The number of hydrogen-bond acceptors (Lipinski definition) is 2. The molecule has 0 aliphatic rings. The molecular weight excluding hydrogens is 247 g/mol. The first-order valence-corrected chi connectivity index (χ1v) is 5.92. The third-order valence-corrected chi connectivity index (χ3v) is 3.13. The molecule has 0 N–H and O–H groups in total. The summed E-state index contributed by atoms with van der Waals surface area (Å²) in [6, 6.07) is 5.22. The minimum absolute atomic E-state index is 0.0644. The van der Waals surface area contributed by atoms with E-state index in [0.717, 1.165) is 6.42 Å². The lowest BCUT2D eigenvalue weighted by molar-refractivity contribution is -0.147. The Labute approximate surface area is 106 Å². The van der Waals surface area contributed by atoms with Crippen molar-refractivity contribution in [3.05, 3.63) is 33.8 Å². The topological polar surface area (TPSA) is 26.3 Å². The van der Waals surface area contributed by atoms with Crippen LogP contribution in [0.5, 0.6) is 0 Å². The molecule has 0 heterocycles. The molecule has 1 aromatic rings. The Morgan fingerprint density at radius 3 is 2.75 bits per heavy atom. The summed E-state index contributed by atoms with van der Waals surface area (Å²) in [6.45, 7) is 3.82. The summed E-state index contributed by atoms with van der Waals surface area (Å²) in [5.74, 6) is -0.279. The van der Waals surface area contributed by atoms with Gasteiger partial charge in [0, 0.05) is 0 Å². The Kier molecular flexibility index (Phi) is 5.10. The molecule has 1 aromatic carbocycles. The van der Waals surface area contributed by atoms with Crippen LogP contribution < -0.4 is 0 Å². The van der Waals surface area contributed by atoms with E-state index in [1.165, 1.54) is 0 Å². The summed E-state index contributed by atoms with van der Waals surface area (Å²) in [6.07, 6.45) is 0.893. The second-order valence-corrected chi connectivity index (χ2v) is 4.38. The number of carbonyl (C=O) groups is 1. The molecule has 0 amide bonds. The highest BCUT2D eigenvalue weighted by Gasteiger charge is 2.12. The van der Waals surface area contributed by atoms with Crippen molar-refractivity contribution in [2.24, 2.45) is 0 Å². The zero-order valence-corrected chi connectivity index (χ0v) is 10.8. The number of hydrogen-bond donors (Lipinski definition) is 0. The van der Waals surface area contributed by atoms with Crippen LogP contribution in [0, 0.1) is 0 Å². The lowest BCUT2D eigenvalue weighted by Crippen LogP contribution is -2.15. The van der Waals surface area contributed by atoms with Crippen molar-refractivity contribution < 1.29 is 9.53 Å². The van der Waals surface area contributed by atoms with Crippen molar-refractivity contribution in [2.45, 2.75) is 32.8 Å². The predicted molar refractivity (Wildman–Crippen MR) is 66.0 cm³/mol. The number of ether oxygens (including phenoxy) is 1. The summed E-state index contributed by atoms with van der Waals surface area (Å²) in [4.78, 5) is 11.5. The van der Waals surface area contributed by atoms with Gasteiger partial charge in [-0.2, -0.15) is 0 Å². The van der Waals surface area contributed by atoms with Gasteiger partial charge in [0.25, 0.3) is 0 Å². The second-order valence-electron chi connectivity index (χ2n) is 3.60. The highest BCUT2D eigenvalue weighted by atomic mass is 35.5. The average molecular weight is 261 g/mol. The largest absolute Gasteiger partial charge is 0.462 e.